The van der Waals surface area contributed by atoms with Gasteiger partial charge in [0.2, 0.25) is 21.8 Å². The maximum atomic E-state index is 13.5. The van der Waals surface area contributed by atoms with Crippen molar-refractivity contribution in [2.45, 2.75) is 37.2 Å². The molecule has 1 saturated carbocycles. The number of carbonyl (C=O) groups excluding carboxylic acids is 2. The van der Waals surface area contributed by atoms with Crippen LogP contribution >= 0.6 is 22.7 Å². The molecule has 2 aromatic heterocycles. The first kappa shape index (κ1) is 29.2. The molecule has 0 radical (unpaired) electrons. The largest absolute Gasteiger partial charge is 0.341 e. The predicted octanol–water partition coefficient (Wildman–Crippen LogP) is 5.82. The van der Waals surface area contributed by atoms with Crippen LogP contribution < -0.4 is 5.14 Å². The maximum absolute atomic E-state index is 13.5. The molecule has 0 aliphatic heterocycles. The lowest BCUT2D eigenvalue weighted by atomic mass is 9.93. The normalized spacial score (nSPS) is 17.0. The number of hydrogen-bond donors (Lipinski definition) is 1. The lowest BCUT2D eigenvalue weighted by Crippen LogP contribution is -2.40. The molecule has 0 spiro atoms. The first-order valence-corrected chi connectivity index (χ1v) is 16.7. The molecule has 1 aliphatic carbocycles. The number of hydrogen-bond acceptors (Lipinski definition) is 6. The van der Waals surface area contributed by atoms with Gasteiger partial charge in [0.25, 0.3) is 0 Å². The van der Waals surface area contributed by atoms with Gasteiger partial charge in [0.1, 0.15) is 0 Å². The monoisotopic (exact) mass is 607 g/mol. The van der Waals surface area contributed by atoms with Gasteiger partial charge in [-0.05, 0) is 53.6 Å². The van der Waals surface area contributed by atoms with Crippen LogP contribution in [0, 0.1) is 11.8 Å². The van der Waals surface area contributed by atoms with Crippen LogP contribution in [0.4, 0.5) is 0 Å². The van der Waals surface area contributed by atoms with E-state index in [1.165, 1.54) is 15.8 Å². The number of rotatable bonds is 9. The van der Waals surface area contributed by atoms with Crippen LogP contribution in [0.3, 0.4) is 0 Å². The fourth-order valence-corrected chi connectivity index (χ4v) is 8.19. The molecule has 2 atom stereocenters. The smallest absolute Gasteiger partial charge is 0.238 e. The van der Waals surface area contributed by atoms with Crippen LogP contribution in [-0.2, 0) is 32.7 Å². The zero-order valence-corrected chi connectivity index (χ0v) is 25.5. The molecule has 2 aromatic carbocycles. The summed E-state index contributed by atoms with van der Waals surface area (Å²) in [6.07, 6.45) is 2.28. The van der Waals surface area contributed by atoms with Crippen molar-refractivity contribution < 1.29 is 18.0 Å². The molecule has 2 amide bonds. The van der Waals surface area contributed by atoms with Gasteiger partial charge in [0.15, 0.2) is 0 Å². The van der Waals surface area contributed by atoms with E-state index in [1.54, 1.807) is 57.7 Å². The standard InChI is InChI=1S/C31H33N3O4S3/c1-33(19-21-12-14-22(15-13-21)24-7-3-4-11-29(24)41(32,37)38)30(35)25-8-5-9-26(25)31(36)34(2)20-23-16-17-28(40-23)27-10-6-18-39-27/h3-4,6-7,10-18,25-26H,5,8-9,19-20H2,1-2H3,(H2,32,37,38). The third kappa shape index (κ3) is 6.62. The second-order valence-corrected chi connectivity index (χ2v) is 14.2. The Morgan fingerprint density at radius 1 is 0.829 bits per heavy atom. The third-order valence-corrected chi connectivity index (χ3v) is 10.7. The van der Waals surface area contributed by atoms with Gasteiger partial charge in [-0.25, -0.2) is 13.6 Å². The summed E-state index contributed by atoms with van der Waals surface area (Å²) in [6.45, 7) is 0.924. The highest BCUT2D eigenvalue weighted by Gasteiger charge is 2.40. The molecule has 214 valence electrons. The van der Waals surface area contributed by atoms with Crippen molar-refractivity contribution in [1.29, 1.82) is 0 Å². The summed E-state index contributed by atoms with van der Waals surface area (Å²) in [5, 5.41) is 7.45. The van der Waals surface area contributed by atoms with Crippen LogP contribution in [-0.4, -0.2) is 44.1 Å². The SMILES string of the molecule is CN(Cc1ccc(-c2ccccc2S(N)(=O)=O)cc1)C(=O)C1CCCC1C(=O)N(C)Cc1ccc(-c2cccs2)s1. The number of sulfonamides is 1. The van der Waals surface area contributed by atoms with Gasteiger partial charge < -0.3 is 9.80 Å². The molecule has 10 heteroatoms. The highest BCUT2D eigenvalue weighted by molar-refractivity contribution is 7.89. The van der Waals surface area contributed by atoms with E-state index in [2.05, 4.69) is 23.6 Å². The first-order chi connectivity index (χ1) is 19.6. The summed E-state index contributed by atoms with van der Waals surface area (Å²) < 4.78 is 24.0. The van der Waals surface area contributed by atoms with Crippen molar-refractivity contribution in [2.75, 3.05) is 14.1 Å². The molecule has 4 aromatic rings. The fraction of sp³-hybridized carbons (Fsp3) is 0.290. The summed E-state index contributed by atoms with van der Waals surface area (Å²) in [5.41, 5.74) is 2.17. The van der Waals surface area contributed by atoms with Gasteiger partial charge in [-0.2, -0.15) is 0 Å². The number of nitrogens with two attached hydrogens (primary N) is 1. The quantitative estimate of drug-likeness (QED) is 0.259. The van der Waals surface area contributed by atoms with Gasteiger partial charge in [0, 0.05) is 52.7 Å². The Kier molecular flexibility index (Phi) is 8.74. The zero-order valence-electron chi connectivity index (χ0n) is 23.0. The molecule has 2 unspecified atom stereocenters. The highest BCUT2D eigenvalue weighted by atomic mass is 32.2. The topological polar surface area (TPSA) is 101 Å². The Morgan fingerprint density at radius 2 is 1.49 bits per heavy atom. The molecule has 5 rings (SSSR count). The van der Waals surface area contributed by atoms with Gasteiger partial charge in [0.05, 0.1) is 11.4 Å². The van der Waals surface area contributed by atoms with Crippen LogP contribution in [0.1, 0.15) is 29.7 Å². The van der Waals surface area contributed by atoms with Gasteiger partial charge in [-0.1, -0.05) is 55.0 Å². The van der Waals surface area contributed by atoms with Gasteiger partial charge >= 0.3 is 0 Å². The average Bonchev–Trinajstić information content (AvgIpc) is 3.74. The molecule has 1 aliphatic rings. The second-order valence-electron chi connectivity index (χ2n) is 10.5. The number of benzene rings is 2. The van der Waals surface area contributed by atoms with E-state index >= 15 is 0 Å². The van der Waals surface area contributed by atoms with Crippen molar-refractivity contribution in [3.63, 3.8) is 0 Å². The van der Waals surface area contributed by atoms with E-state index in [0.717, 1.165) is 28.8 Å². The lowest BCUT2D eigenvalue weighted by Gasteiger charge is -2.27. The number of amides is 2. The number of carbonyl (C=O) groups is 2. The fourth-order valence-electron chi connectivity index (χ4n) is 5.54. The van der Waals surface area contributed by atoms with Crippen LogP contribution in [0.5, 0.6) is 0 Å². The number of thiophene rings is 2. The van der Waals surface area contributed by atoms with Crippen molar-refractivity contribution in [3.8, 4) is 20.9 Å². The third-order valence-electron chi connectivity index (χ3n) is 7.60. The lowest BCUT2D eigenvalue weighted by molar-refractivity contribution is -0.144. The minimum Gasteiger partial charge on any atom is -0.341 e. The summed E-state index contributed by atoms with van der Waals surface area (Å²) >= 11 is 3.40. The Bertz CT molecular complexity index is 1630. The van der Waals surface area contributed by atoms with E-state index in [1.807, 2.05) is 37.4 Å². The minimum atomic E-state index is -3.86. The first-order valence-electron chi connectivity index (χ1n) is 13.5. The average molecular weight is 608 g/mol. The Balaban J connectivity index is 1.21. The van der Waals surface area contributed by atoms with Crippen molar-refractivity contribution >= 4 is 44.5 Å². The van der Waals surface area contributed by atoms with E-state index < -0.39 is 10.0 Å². The summed E-state index contributed by atoms with van der Waals surface area (Å²) in [7, 11) is -0.262. The number of primary sulfonamides is 1. The predicted molar refractivity (Wildman–Crippen MR) is 165 cm³/mol. The minimum absolute atomic E-state index is 0.0194. The Hall–Kier alpha value is -3.31. The maximum Gasteiger partial charge on any atom is 0.238 e. The molecule has 7 nitrogen and oxygen atoms in total. The summed E-state index contributed by atoms with van der Waals surface area (Å²) in [4.78, 5) is 34.0. The molecule has 1 fully saturated rings. The molecule has 0 bridgehead atoms. The summed E-state index contributed by atoms with van der Waals surface area (Å²) in [6, 6.07) is 22.4. The van der Waals surface area contributed by atoms with Crippen LogP contribution in [0.15, 0.2) is 83.1 Å². The Labute approximate surface area is 249 Å². The number of nitrogens with zero attached hydrogens (tertiary/aromatic N) is 2. The molecule has 2 N–H and O–H groups in total. The highest BCUT2D eigenvalue weighted by Crippen LogP contribution is 2.36. The molecular formula is C31H33N3O4S3. The van der Waals surface area contributed by atoms with Crippen molar-refractivity contribution in [3.05, 3.63) is 88.6 Å². The second kappa shape index (κ2) is 12.3. The van der Waals surface area contributed by atoms with E-state index in [9.17, 15) is 18.0 Å². The molecule has 2 heterocycles. The van der Waals surface area contributed by atoms with Crippen LogP contribution in [0.2, 0.25) is 0 Å². The Morgan fingerprint density at radius 3 is 2.12 bits per heavy atom. The van der Waals surface area contributed by atoms with E-state index in [0.29, 0.717) is 25.1 Å². The molecule has 0 saturated heterocycles. The molecule has 41 heavy (non-hydrogen) atoms. The van der Waals surface area contributed by atoms with Crippen molar-refractivity contribution in [1.82, 2.24) is 9.80 Å². The van der Waals surface area contributed by atoms with Crippen molar-refractivity contribution in [2.24, 2.45) is 17.0 Å². The van der Waals surface area contributed by atoms with Gasteiger partial charge in [-0.15, -0.1) is 22.7 Å². The van der Waals surface area contributed by atoms with E-state index in [-0.39, 0.29) is 28.5 Å². The summed E-state index contributed by atoms with van der Waals surface area (Å²) in [5.74, 6) is -0.642. The van der Waals surface area contributed by atoms with E-state index in [4.69, 9.17) is 5.14 Å². The van der Waals surface area contributed by atoms with Gasteiger partial charge in [-0.3, -0.25) is 9.59 Å². The molecular weight excluding hydrogens is 575 g/mol. The zero-order chi connectivity index (χ0) is 29.1. The van der Waals surface area contributed by atoms with Crippen LogP contribution in [0.25, 0.3) is 20.9 Å².